The average Bonchev–Trinajstić information content (AvgIpc) is 3.19. The lowest BCUT2D eigenvalue weighted by atomic mass is 10.1. The normalized spacial score (nSPS) is 14.7. The summed E-state index contributed by atoms with van der Waals surface area (Å²) in [5, 5.41) is 16.8. The summed E-state index contributed by atoms with van der Waals surface area (Å²) in [6.45, 7) is 3.74. The molecule has 0 unspecified atom stereocenters. The van der Waals surface area contributed by atoms with Crippen LogP contribution in [0.3, 0.4) is 0 Å². The molecule has 156 valence electrons. The quantitative estimate of drug-likeness (QED) is 0.365. The third kappa shape index (κ3) is 3.77. The summed E-state index contributed by atoms with van der Waals surface area (Å²) in [6.07, 6.45) is 2.83. The Balaban J connectivity index is 1.38. The van der Waals surface area contributed by atoms with E-state index in [1.54, 1.807) is 12.3 Å². The molecule has 0 saturated carbocycles. The van der Waals surface area contributed by atoms with E-state index in [1.807, 2.05) is 44.2 Å². The van der Waals surface area contributed by atoms with Gasteiger partial charge in [-0.15, -0.1) is 11.8 Å². The Bertz CT molecular complexity index is 1320. The van der Waals surface area contributed by atoms with Crippen LogP contribution in [-0.4, -0.2) is 30.8 Å². The molecule has 0 aliphatic carbocycles. The number of thioether (sulfide) groups is 1. The zero-order chi connectivity index (χ0) is 21.6. The molecule has 10 heteroatoms. The highest BCUT2D eigenvalue weighted by atomic mass is 32.2. The number of hydrogen-bond donors (Lipinski definition) is 4. The molecule has 5 rings (SSSR count). The van der Waals surface area contributed by atoms with Gasteiger partial charge in [0.25, 0.3) is 0 Å². The highest BCUT2D eigenvalue weighted by Crippen LogP contribution is 2.43. The summed E-state index contributed by atoms with van der Waals surface area (Å²) in [5.74, 6) is -0.399. The molecule has 2 aromatic carbocycles. The van der Waals surface area contributed by atoms with Gasteiger partial charge in [0.1, 0.15) is 0 Å². The molecule has 4 aromatic rings. The Kier molecular flexibility index (Phi) is 4.51. The number of aromatic amines is 1. The number of benzene rings is 2. The van der Waals surface area contributed by atoms with Crippen LogP contribution in [0.1, 0.15) is 13.8 Å². The molecule has 2 aromatic heterocycles. The fraction of sp³-hybridized carbons (Fsp3) is 0.143. The van der Waals surface area contributed by atoms with Crippen LogP contribution in [-0.2, 0) is 4.79 Å². The second kappa shape index (κ2) is 7.24. The second-order valence-corrected chi connectivity index (χ2v) is 9.25. The number of nitrogens with one attached hydrogen (secondary N) is 4. The summed E-state index contributed by atoms with van der Waals surface area (Å²) >= 11 is 1.49. The van der Waals surface area contributed by atoms with E-state index in [4.69, 9.17) is 0 Å². The summed E-state index contributed by atoms with van der Waals surface area (Å²) < 4.78 is 13.8. The summed E-state index contributed by atoms with van der Waals surface area (Å²) in [7, 11) is 0. The van der Waals surface area contributed by atoms with Gasteiger partial charge in [0.15, 0.2) is 11.6 Å². The maximum Gasteiger partial charge on any atom is 0.240 e. The Labute approximate surface area is 181 Å². The van der Waals surface area contributed by atoms with Crippen molar-refractivity contribution in [2.75, 3.05) is 16.0 Å². The summed E-state index contributed by atoms with van der Waals surface area (Å²) in [5.41, 5.74) is 2.88. The Morgan fingerprint density at radius 3 is 2.74 bits per heavy atom. The Hall–Kier alpha value is -3.66. The number of aromatic nitrogens is 4. The number of halogens is 1. The SMILES string of the molecule is CC1(C)Sc2ccc(Nc3nc(Nc4ccc5cn[nH]c5c4)ncc3F)cc2NC1=O. The average molecular weight is 435 g/mol. The van der Waals surface area contributed by atoms with Crippen molar-refractivity contribution < 1.29 is 9.18 Å². The minimum absolute atomic E-state index is 0.0233. The van der Waals surface area contributed by atoms with Gasteiger partial charge in [-0.2, -0.15) is 10.1 Å². The molecule has 0 bridgehead atoms. The monoisotopic (exact) mass is 435 g/mol. The standard InChI is InChI=1S/C21H18FN7OS/c1-21(2)19(30)27-16-8-12(5-6-17(16)31-21)25-18-14(22)10-23-20(28-18)26-13-4-3-11-9-24-29-15(11)7-13/h3-10H,1-2H3,(H,24,29)(H,27,30)(H2,23,25,26,28). The lowest BCUT2D eigenvalue weighted by Crippen LogP contribution is -2.37. The lowest BCUT2D eigenvalue weighted by Gasteiger charge is -2.30. The van der Waals surface area contributed by atoms with E-state index in [2.05, 4.69) is 36.1 Å². The molecule has 0 fully saturated rings. The number of rotatable bonds is 4. The van der Waals surface area contributed by atoms with Gasteiger partial charge in [-0.25, -0.2) is 9.37 Å². The second-order valence-electron chi connectivity index (χ2n) is 7.59. The molecule has 31 heavy (non-hydrogen) atoms. The number of hydrogen-bond acceptors (Lipinski definition) is 7. The largest absolute Gasteiger partial charge is 0.338 e. The first-order valence-corrected chi connectivity index (χ1v) is 10.3. The van der Waals surface area contributed by atoms with Crippen molar-refractivity contribution >= 4 is 57.4 Å². The fourth-order valence-corrected chi connectivity index (χ4v) is 4.23. The minimum atomic E-state index is -0.591. The predicted molar refractivity (Wildman–Crippen MR) is 120 cm³/mol. The fourth-order valence-electron chi connectivity index (χ4n) is 3.18. The topological polar surface area (TPSA) is 108 Å². The van der Waals surface area contributed by atoms with E-state index in [0.29, 0.717) is 11.4 Å². The van der Waals surface area contributed by atoms with Crippen molar-refractivity contribution in [3.05, 3.63) is 54.6 Å². The number of amides is 1. The van der Waals surface area contributed by atoms with Crippen molar-refractivity contribution in [2.24, 2.45) is 0 Å². The van der Waals surface area contributed by atoms with Crippen molar-refractivity contribution in [2.45, 2.75) is 23.5 Å². The zero-order valence-corrected chi connectivity index (χ0v) is 17.5. The van der Waals surface area contributed by atoms with Crippen LogP contribution in [0.4, 0.5) is 33.2 Å². The molecule has 0 atom stereocenters. The van der Waals surface area contributed by atoms with Crippen molar-refractivity contribution in [3.63, 3.8) is 0 Å². The van der Waals surface area contributed by atoms with Crippen LogP contribution >= 0.6 is 11.8 Å². The van der Waals surface area contributed by atoms with E-state index < -0.39 is 10.6 Å². The van der Waals surface area contributed by atoms with Crippen LogP contribution in [0.25, 0.3) is 10.9 Å². The van der Waals surface area contributed by atoms with Gasteiger partial charge in [-0.3, -0.25) is 9.89 Å². The smallest absolute Gasteiger partial charge is 0.240 e. The van der Waals surface area contributed by atoms with E-state index in [9.17, 15) is 9.18 Å². The number of carbonyl (C=O) groups excluding carboxylic acids is 1. The molecular weight excluding hydrogens is 417 g/mol. The van der Waals surface area contributed by atoms with Crippen LogP contribution in [0.15, 0.2) is 53.7 Å². The molecular formula is C21H18FN7OS. The molecule has 0 saturated heterocycles. The number of anilines is 5. The molecule has 0 radical (unpaired) electrons. The van der Waals surface area contributed by atoms with Gasteiger partial charge in [0.2, 0.25) is 11.9 Å². The van der Waals surface area contributed by atoms with Crippen LogP contribution in [0.5, 0.6) is 0 Å². The van der Waals surface area contributed by atoms with E-state index in [0.717, 1.165) is 27.7 Å². The van der Waals surface area contributed by atoms with Gasteiger partial charge in [0.05, 0.1) is 28.3 Å². The molecule has 1 aliphatic rings. The highest BCUT2D eigenvalue weighted by molar-refractivity contribution is 8.01. The first-order chi connectivity index (χ1) is 14.9. The van der Waals surface area contributed by atoms with Crippen molar-refractivity contribution in [3.8, 4) is 0 Å². The van der Waals surface area contributed by atoms with Gasteiger partial charge in [-0.1, -0.05) is 0 Å². The molecule has 3 heterocycles. The van der Waals surface area contributed by atoms with Gasteiger partial charge < -0.3 is 16.0 Å². The molecule has 4 N–H and O–H groups in total. The predicted octanol–water partition coefficient (Wildman–Crippen LogP) is 4.80. The molecule has 0 spiro atoms. The summed E-state index contributed by atoms with van der Waals surface area (Å²) in [4.78, 5) is 21.5. The van der Waals surface area contributed by atoms with Gasteiger partial charge >= 0.3 is 0 Å². The van der Waals surface area contributed by atoms with Crippen molar-refractivity contribution in [1.82, 2.24) is 20.2 Å². The van der Waals surface area contributed by atoms with Crippen LogP contribution in [0.2, 0.25) is 0 Å². The first kappa shape index (κ1) is 19.3. The number of nitrogens with zero attached hydrogens (tertiary/aromatic N) is 3. The van der Waals surface area contributed by atoms with E-state index in [1.165, 1.54) is 11.8 Å². The lowest BCUT2D eigenvalue weighted by molar-refractivity contribution is -0.117. The Morgan fingerprint density at radius 1 is 1.06 bits per heavy atom. The van der Waals surface area contributed by atoms with Crippen molar-refractivity contribution in [1.29, 1.82) is 0 Å². The third-order valence-corrected chi connectivity index (χ3v) is 6.12. The van der Waals surface area contributed by atoms with Gasteiger partial charge in [0, 0.05) is 21.7 Å². The maximum absolute atomic E-state index is 14.4. The summed E-state index contributed by atoms with van der Waals surface area (Å²) in [6, 6.07) is 11.1. The minimum Gasteiger partial charge on any atom is -0.338 e. The van der Waals surface area contributed by atoms with Crippen LogP contribution in [0, 0.1) is 5.82 Å². The molecule has 1 aliphatic heterocycles. The number of H-pyrrole nitrogens is 1. The maximum atomic E-state index is 14.4. The molecule has 8 nitrogen and oxygen atoms in total. The van der Waals surface area contributed by atoms with E-state index >= 15 is 0 Å². The van der Waals surface area contributed by atoms with Gasteiger partial charge in [-0.05, 0) is 50.2 Å². The zero-order valence-electron chi connectivity index (χ0n) is 16.7. The Morgan fingerprint density at radius 2 is 1.87 bits per heavy atom. The van der Waals surface area contributed by atoms with Crippen LogP contribution < -0.4 is 16.0 Å². The first-order valence-electron chi connectivity index (χ1n) is 9.52. The molecule has 1 amide bonds. The number of carbonyl (C=O) groups is 1. The highest BCUT2D eigenvalue weighted by Gasteiger charge is 2.34. The number of fused-ring (bicyclic) bond motifs is 2. The van der Waals surface area contributed by atoms with E-state index in [-0.39, 0.29) is 17.7 Å². The third-order valence-electron chi connectivity index (χ3n) is 4.84.